The lowest BCUT2D eigenvalue weighted by molar-refractivity contribution is -0.117. The lowest BCUT2D eigenvalue weighted by atomic mass is 10.1. The largest absolute Gasteiger partial charge is 0.358 e. The quantitative estimate of drug-likeness (QED) is 0.636. The second-order valence-corrected chi connectivity index (χ2v) is 7.64. The smallest absolute Gasteiger partial charge is 0.228 e. The maximum absolute atomic E-state index is 12.6. The number of halogens is 2. The van der Waals surface area contributed by atoms with E-state index in [4.69, 9.17) is 23.2 Å². The molecular weight excluding hydrogens is 383 g/mol. The number of benzene rings is 2. The van der Waals surface area contributed by atoms with Gasteiger partial charge in [-0.2, -0.15) is 0 Å². The first-order valence-corrected chi connectivity index (χ1v) is 9.64. The Morgan fingerprint density at radius 1 is 1.22 bits per heavy atom. The highest BCUT2D eigenvalue weighted by Crippen LogP contribution is 2.51. The molecule has 0 unspecified atom stereocenters. The number of nitrogens with one attached hydrogen (secondary N) is 2. The third-order valence-electron chi connectivity index (χ3n) is 5.04. The van der Waals surface area contributed by atoms with Crippen LogP contribution in [0.4, 0.5) is 5.69 Å². The van der Waals surface area contributed by atoms with Crippen LogP contribution < -0.4 is 10.7 Å². The summed E-state index contributed by atoms with van der Waals surface area (Å²) in [4.78, 5) is 28.1. The molecule has 3 aromatic rings. The molecule has 2 N–H and O–H groups in total. The van der Waals surface area contributed by atoms with Gasteiger partial charge in [-0.1, -0.05) is 42.3 Å². The molecule has 1 aliphatic carbocycles. The first kappa shape index (κ1) is 18.1. The van der Waals surface area contributed by atoms with Crippen molar-refractivity contribution in [2.24, 2.45) is 5.92 Å². The number of hydrogen-bond acceptors (Lipinski definition) is 2. The highest BCUT2D eigenvalue weighted by Gasteiger charge is 2.45. The monoisotopic (exact) mass is 400 g/mol. The lowest BCUT2D eigenvalue weighted by Crippen LogP contribution is -2.15. The molecule has 4 rings (SSSR count). The molecule has 6 heteroatoms. The van der Waals surface area contributed by atoms with Gasteiger partial charge in [-0.25, -0.2) is 0 Å². The summed E-state index contributed by atoms with van der Waals surface area (Å²) in [5.74, 6) is -0.137. The van der Waals surface area contributed by atoms with Crippen molar-refractivity contribution in [1.29, 1.82) is 0 Å². The number of amides is 1. The van der Waals surface area contributed by atoms with E-state index in [1.807, 2.05) is 25.1 Å². The van der Waals surface area contributed by atoms with Crippen LogP contribution in [-0.4, -0.2) is 10.9 Å². The predicted octanol–water partition coefficient (Wildman–Crippen LogP) is 5.14. The first-order valence-electron chi connectivity index (χ1n) is 8.88. The Hall–Kier alpha value is -2.30. The van der Waals surface area contributed by atoms with Gasteiger partial charge in [0.05, 0.1) is 10.0 Å². The maximum atomic E-state index is 12.6. The maximum Gasteiger partial charge on any atom is 0.228 e. The number of rotatable bonds is 4. The molecule has 1 heterocycles. The molecular formula is C21H18Cl2N2O2. The van der Waals surface area contributed by atoms with Crippen molar-refractivity contribution in [2.75, 3.05) is 5.32 Å². The van der Waals surface area contributed by atoms with E-state index in [-0.39, 0.29) is 23.2 Å². The van der Waals surface area contributed by atoms with Crippen molar-refractivity contribution in [3.05, 3.63) is 74.0 Å². The second-order valence-electron chi connectivity index (χ2n) is 6.85. The highest BCUT2D eigenvalue weighted by molar-refractivity contribution is 6.42. The van der Waals surface area contributed by atoms with E-state index in [2.05, 4.69) is 10.3 Å². The van der Waals surface area contributed by atoms with Crippen LogP contribution in [-0.2, 0) is 11.2 Å². The fraction of sp³-hybridized carbons (Fsp3) is 0.238. The van der Waals surface area contributed by atoms with Crippen molar-refractivity contribution in [1.82, 2.24) is 4.98 Å². The van der Waals surface area contributed by atoms with Crippen molar-refractivity contribution >= 4 is 45.7 Å². The number of pyridine rings is 1. The van der Waals surface area contributed by atoms with Crippen LogP contribution >= 0.6 is 23.2 Å². The summed E-state index contributed by atoms with van der Waals surface area (Å²) in [6, 6.07) is 12.4. The lowest BCUT2D eigenvalue weighted by Gasteiger charge is -2.08. The summed E-state index contributed by atoms with van der Waals surface area (Å²) >= 11 is 12.3. The van der Waals surface area contributed by atoms with Crippen LogP contribution in [0.1, 0.15) is 30.5 Å². The fourth-order valence-corrected chi connectivity index (χ4v) is 3.89. The van der Waals surface area contributed by atoms with Gasteiger partial charge in [0.2, 0.25) is 5.91 Å². The van der Waals surface area contributed by atoms with Gasteiger partial charge >= 0.3 is 0 Å². The number of fused-ring (bicyclic) bond motifs is 1. The predicted molar refractivity (Wildman–Crippen MR) is 110 cm³/mol. The Morgan fingerprint density at radius 2 is 2.04 bits per heavy atom. The molecule has 1 aliphatic rings. The minimum absolute atomic E-state index is 0.0493. The highest BCUT2D eigenvalue weighted by atomic mass is 35.5. The molecule has 1 amide bonds. The van der Waals surface area contributed by atoms with E-state index >= 15 is 0 Å². The van der Waals surface area contributed by atoms with Crippen molar-refractivity contribution < 1.29 is 4.79 Å². The molecule has 138 valence electrons. The van der Waals surface area contributed by atoms with Crippen LogP contribution in [0.2, 0.25) is 10.0 Å². The van der Waals surface area contributed by atoms with Gasteiger partial charge in [-0.05, 0) is 48.6 Å². The topological polar surface area (TPSA) is 62.0 Å². The van der Waals surface area contributed by atoms with Crippen molar-refractivity contribution in [3.8, 4) is 0 Å². The van der Waals surface area contributed by atoms with Gasteiger partial charge in [0.25, 0.3) is 0 Å². The number of anilines is 1. The summed E-state index contributed by atoms with van der Waals surface area (Å²) in [7, 11) is 0. The average molecular weight is 401 g/mol. The number of hydrogen-bond donors (Lipinski definition) is 2. The molecule has 0 saturated heterocycles. The molecule has 1 saturated carbocycles. The Kier molecular flexibility index (Phi) is 4.70. The summed E-state index contributed by atoms with van der Waals surface area (Å²) in [6.45, 7) is 1.99. The van der Waals surface area contributed by atoms with Gasteiger partial charge in [-0.15, -0.1) is 0 Å². The normalized spacial score (nSPS) is 18.5. The zero-order valence-corrected chi connectivity index (χ0v) is 16.2. The second kappa shape index (κ2) is 7.02. The van der Waals surface area contributed by atoms with Crippen molar-refractivity contribution in [3.63, 3.8) is 0 Å². The number of aryl methyl sites for hydroxylation is 1. The third-order valence-corrected chi connectivity index (χ3v) is 5.88. The van der Waals surface area contributed by atoms with E-state index in [0.717, 1.165) is 29.6 Å². The molecule has 0 aliphatic heterocycles. The number of aromatic nitrogens is 1. The third kappa shape index (κ3) is 3.47. The Morgan fingerprint density at radius 3 is 2.81 bits per heavy atom. The molecule has 2 aromatic carbocycles. The van der Waals surface area contributed by atoms with Crippen LogP contribution in [0.5, 0.6) is 0 Å². The molecule has 2 atom stereocenters. The van der Waals surface area contributed by atoms with Gasteiger partial charge in [0.15, 0.2) is 5.43 Å². The van der Waals surface area contributed by atoms with Gasteiger partial charge in [0, 0.05) is 34.3 Å². The van der Waals surface area contributed by atoms with E-state index in [1.54, 1.807) is 24.3 Å². The Labute approximate surface area is 166 Å². The molecule has 1 fully saturated rings. The standard InChI is InChI=1S/C21H18Cl2N2O2/c1-2-11-9-19(26)16-8-12(6-7-18(16)24-11)25-21(27)15-10-14(15)13-4-3-5-17(22)20(13)23/h3-9,14-15H,2,10H2,1H3,(H,24,26)(H,25,27)/t14-,15+/m0/s1. The minimum Gasteiger partial charge on any atom is -0.358 e. The van der Waals surface area contributed by atoms with E-state index in [9.17, 15) is 9.59 Å². The van der Waals surface area contributed by atoms with E-state index in [0.29, 0.717) is 21.1 Å². The molecule has 0 radical (unpaired) electrons. The van der Waals surface area contributed by atoms with Gasteiger partial charge < -0.3 is 10.3 Å². The number of carbonyl (C=O) groups excluding carboxylic acids is 1. The summed E-state index contributed by atoms with van der Waals surface area (Å²) in [5.41, 5.74) is 3.14. The zero-order chi connectivity index (χ0) is 19.1. The fourth-order valence-electron chi connectivity index (χ4n) is 3.44. The molecule has 27 heavy (non-hydrogen) atoms. The summed E-state index contributed by atoms with van der Waals surface area (Å²) in [6.07, 6.45) is 1.50. The van der Waals surface area contributed by atoms with Crippen LogP contribution in [0.3, 0.4) is 0 Å². The van der Waals surface area contributed by atoms with Gasteiger partial charge in [0.1, 0.15) is 0 Å². The summed E-state index contributed by atoms with van der Waals surface area (Å²) in [5, 5.41) is 4.50. The number of aromatic amines is 1. The van der Waals surface area contributed by atoms with Gasteiger partial charge in [-0.3, -0.25) is 9.59 Å². The van der Waals surface area contributed by atoms with E-state index in [1.165, 1.54) is 0 Å². The Bertz CT molecular complexity index is 1110. The minimum atomic E-state index is -0.141. The average Bonchev–Trinajstić information content (AvgIpc) is 3.45. The van der Waals surface area contributed by atoms with Crippen LogP contribution in [0.15, 0.2) is 47.3 Å². The summed E-state index contributed by atoms with van der Waals surface area (Å²) < 4.78 is 0. The molecule has 0 spiro atoms. The first-order chi connectivity index (χ1) is 13.0. The number of carbonyl (C=O) groups is 1. The Balaban J connectivity index is 1.53. The zero-order valence-electron chi connectivity index (χ0n) is 14.7. The van der Waals surface area contributed by atoms with Crippen LogP contribution in [0, 0.1) is 5.92 Å². The molecule has 1 aromatic heterocycles. The van der Waals surface area contributed by atoms with Crippen LogP contribution in [0.25, 0.3) is 10.9 Å². The van der Waals surface area contributed by atoms with Crippen molar-refractivity contribution in [2.45, 2.75) is 25.7 Å². The van der Waals surface area contributed by atoms with E-state index < -0.39 is 0 Å². The SMILES string of the molecule is CCc1cc(=O)c2cc(NC(=O)[C@@H]3C[C@H]3c3cccc(Cl)c3Cl)ccc2[nH]1. The molecule has 0 bridgehead atoms. The molecule has 4 nitrogen and oxygen atoms in total. The number of H-pyrrole nitrogens is 1.